The summed E-state index contributed by atoms with van der Waals surface area (Å²) in [4.78, 5) is 11.9. The Morgan fingerprint density at radius 1 is 1.22 bits per heavy atom. The summed E-state index contributed by atoms with van der Waals surface area (Å²) < 4.78 is 26.5. The van der Waals surface area contributed by atoms with Crippen molar-refractivity contribution in [2.75, 3.05) is 11.9 Å². The van der Waals surface area contributed by atoms with Crippen molar-refractivity contribution in [1.82, 2.24) is 5.32 Å². The van der Waals surface area contributed by atoms with E-state index in [9.17, 15) is 13.6 Å². The van der Waals surface area contributed by atoms with Crippen LogP contribution < -0.4 is 10.6 Å². The molecule has 0 unspecified atom stereocenters. The standard InChI is InChI=1S/C16H14Cl2F2N2O/c1-9(11-6-5-10(19)7-13(11)20)21-8-15(23)22-14-4-2-3-12(17)16(14)18/h2-7,9,21H,8H2,1H3,(H,22,23)/t9-/m1/s1. The molecule has 2 N–H and O–H groups in total. The third-order valence-corrected chi connectivity index (χ3v) is 4.04. The van der Waals surface area contributed by atoms with E-state index in [1.165, 1.54) is 12.1 Å². The Bertz CT molecular complexity index is 725. The van der Waals surface area contributed by atoms with Crippen LogP contribution in [0.4, 0.5) is 14.5 Å². The monoisotopic (exact) mass is 358 g/mol. The summed E-state index contributed by atoms with van der Waals surface area (Å²) >= 11 is 11.8. The number of anilines is 1. The first-order valence-electron chi connectivity index (χ1n) is 6.80. The molecule has 23 heavy (non-hydrogen) atoms. The SMILES string of the molecule is C[C@@H](NCC(=O)Nc1cccc(Cl)c1Cl)c1ccc(F)cc1F. The van der Waals surface area contributed by atoms with Gasteiger partial charge >= 0.3 is 0 Å². The smallest absolute Gasteiger partial charge is 0.238 e. The van der Waals surface area contributed by atoms with Gasteiger partial charge in [0.05, 0.1) is 22.3 Å². The van der Waals surface area contributed by atoms with E-state index >= 15 is 0 Å². The van der Waals surface area contributed by atoms with Crippen molar-refractivity contribution in [3.63, 3.8) is 0 Å². The maximum atomic E-state index is 13.7. The van der Waals surface area contributed by atoms with Gasteiger partial charge in [0, 0.05) is 17.7 Å². The lowest BCUT2D eigenvalue weighted by atomic mass is 10.1. The molecule has 0 aliphatic rings. The molecular formula is C16H14Cl2F2N2O. The lowest BCUT2D eigenvalue weighted by Gasteiger charge is -2.15. The maximum Gasteiger partial charge on any atom is 0.238 e. The summed E-state index contributed by atoms with van der Waals surface area (Å²) in [6, 6.07) is 7.74. The minimum absolute atomic E-state index is 0.0686. The van der Waals surface area contributed by atoms with E-state index in [0.717, 1.165) is 6.07 Å². The van der Waals surface area contributed by atoms with Crippen molar-refractivity contribution in [3.8, 4) is 0 Å². The van der Waals surface area contributed by atoms with Gasteiger partial charge in [-0.2, -0.15) is 0 Å². The predicted molar refractivity (Wildman–Crippen MR) is 87.9 cm³/mol. The molecule has 122 valence electrons. The molecule has 0 spiro atoms. The summed E-state index contributed by atoms with van der Waals surface area (Å²) in [5, 5.41) is 6.06. The molecule has 0 radical (unpaired) electrons. The molecule has 2 rings (SSSR count). The molecule has 0 heterocycles. The fraction of sp³-hybridized carbons (Fsp3) is 0.188. The van der Waals surface area contributed by atoms with E-state index in [2.05, 4.69) is 10.6 Å². The number of carbonyl (C=O) groups is 1. The van der Waals surface area contributed by atoms with Gasteiger partial charge in [-0.3, -0.25) is 4.79 Å². The lowest BCUT2D eigenvalue weighted by molar-refractivity contribution is -0.115. The van der Waals surface area contributed by atoms with E-state index in [1.807, 2.05) is 0 Å². The van der Waals surface area contributed by atoms with Crippen LogP contribution in [0.5, 0.6) is 0 Å². The second-order valence-electron chi connectivity index (χ2n) is 4.92. The molecule has 0 aliphatic heterocycles. The molecule has 0 aromatic heterocycles. The van der Waals surface area contributed by atoms with Gasteiger partial charge in [0.2, 0.25) is 5.91 Å². The fourth-order valence-electron chi connectivity index (χ4n) is 2.00. The molecule has 0 aliphatic carbocycles. The molecule has 2 aromatic carbocycles. The quantitative estimate of drug-likeness (QED) is 0.822. The van der Waals surface area contributed by atoms with Crippen LogP contribution in [0, 0.1) is 11.6 Å². The third kappa shape index (κ3) is 4.64. The van der Waals surface area contributed by atoms with Crippen LogP contribution in [0.1, 0.15) is 18.5 Å². The molecule has 0 saturated heterocycles. The van der Waals surface area contributed by atoms with Crippen molar-refractivity contribution in [2.45, 2.75) is 13.0 Å². The molecule has 0 fully saturated rings. The summed E-state index contributed by atoms with van der Waals surface area (Å²) in [7, 11) is 0. The zero-order valence-electron chi connectivity index (χ0n) is 12.2. The van der Waals surface area contributed by atoms with E-state index in [1.54, 1.807) is 25.1 Å². The summed E-state index contributed by atoms with van der Waals surface area (Å²) in [5.74, 6) is -1.67. The second-order valence-corrected chi connectivity index (χ2v) is 5.70. The molecule has 0 saturated carbocycles. The number of carbonyl (C=O) groups excluding carboxylic acids is 1. The Morgan fingerprint density at radius 2 is 1.96 bits per heavy atom. The van der Waals surface area contributed by atoms with Gasteiger partial charge in [0.1, 0.15) is 11.6 Å². The molecule has 1 amide bonds. The fourth-order valence-corrected chi connectivity index (χ4v) is 2.35. The molecule has 0 bridgehead atoms. The van der Waals surface area contributed by atoms with Crippen LogP contribution in [0.15, 0.2) is 36.4 Å². The van der Waals surface area contributed by atoms with Gasteiger partial charge in [-0.05, 0) is 25.1 Å². The van der Waals surface area contributed by atoms with Crippen LogP contribution >= 0.6 is 23.2 Å². The van der Waals surface area contributed by atoms with Crippen molar-refractivity contribution in [1.29, 1.82) is 0 Å². The van der Waals surface area contributed by atoms with E-state index < -0.39 is 17.7 Å². The van der Waals surface area contributed by atoms with Gasteiger partial charge in [-0.25, -0.2) is 8.78 Å². The minimum atomic E-state index is -0.664. The summed E-state index contributed by atoms with van der Waals surface area (Å²) in [6.45, 7) is 1.61. The maximum absolute atomic E-state index is 13.7. The largest absolute Gasteiger partial charge is 0.324 e. The van der Waals surface area contributed by atoms with Gasteiger partial charge < -0.3 is 10.6 Å². The zero-order chi connectivity index (χ0) is 17.0. The molecule has 7 heteroatoms. The highest BCUT2D eigenvalue weighted by molar-refractivity contribution is 6.43. The number of nitrogens with one attached hydrogen (secondary N) is 2. The van der Waals surface area contributed by atoms with Gasteiger partial charge in [-0.1, -0.05) is 35.3 Å². The van der Waals surface area contributed by atoms with Crippen LogP contribution in [0.2, 0.25) is 10.0 Å². The van der Waals surface area contributed by atoms with E-state index in [-0.39, 0.29) is 23.0 Å². The number of benzene rings is 2. The normalized spacial score (nSPS) is 12.0. The van der Waals surface area contributed by atoms with Crippen molar-refractivity contribution >= 4 is 34.8 Å². The number of rotatable bonds is 5. The zero-order valence-corrected chi connectivity index (χ0v) is 13.7. The first kappa shape index (κ1) is 17.7. The Morgan fingerprint density at radius 3 is 2.65 bits per heavy atom. The predicted octanol–water partition coefficient (Wildman–Crippen LogP) is 4.56. The first-order valence-corrected chi connectivity index (χ1v) is 7.56. The van der Waals surface area contributed by atoms with Crippen molar-refractivity contribution in [2.24, 2.45) is 0 Å². The van der Waals surface area contributed by atoms with Crippen molar-refractivity contribution < 1.29 is 13.6 Å². The van der Waals surface area contributed by atoms with Crippen LogP contribution in [0.3, 0.4) is 0 Å². The second kappa shape index (κ2) is 7.73. The van der Waals surface area contributed by atoms with E-state index in [4.69, 9.17) is 23.2 Å². The minimum Gasteiger partial charge on any atom is -0.324 e. The highest BCUT2D eigenvalue weighted by atomic mass is 35.5. The molecule has 3 nitrogen and oxygen atoms in total. The van der Waals surface area contributed by atoms with Gasteiger partial charge in [0.25, 0.3) is 0 Å². The number of hydrogen-bond donors (Lipinski definition) is 2. The Balaban J connectivity index is 1.95. The Hall–Kier alpha value is -1.69. The van der Waals surface area contributed by atoms with Crippen molar-refractivity contribution in [3.05, 3.63) is 63.6 Å². The van der Waals surface area contributed by atoms with Gasteiger partial charge in [0.15, 0.2) is 0 Å². The Labute approximate surface area is 142 Å². The average molecular weight is 359 g/mol. The lowest BCUT2D eigenvalue weighted by Crippen LogP contribution is -2.30. The first-order chi connectivity index (χ1) is 10.9. The summed E-state index contributed by atoms with van der Waals surface area (Å²) in [6.07, 6.45) is 0. The van der Waals surface area contributed by atoms with E-state index in [0.29, 0.717) is 10.7 Å². The number of amides is 1. The van der Waals surface area contributed by atoms with Crippen LogP contribution in [-0.4, -0.2) is 12.5 Å². The summed E-state index contributed by atoms with van der Waals surface area (Å²) in [5.41, 5.74) is 0.673. The third-order valence-electron chi connectivity index (χ3n) is 3.22. The number of hydrogen-bond acceptors (Lipinski definition) is 2. The van der Waals surface area contributed by atoms with Crippen LogP contribution in [0.25, 0.3) is 0 Å². The highest BCUT2D eigenvalue weighted by Crippen LogP contribution is 2.29. The van der Waals surface area contributed by atoms with Gasteiger partial charge in [-0.15, -0.1) is 0 Å². The highest BCUT2D eigenvalue weighted by Gasteiger charge is 2.13. The number of halogens is 4. The topological polar surface area (TPSA) is 41.1 Å². The molecular weight excluding hydrogens is 345 g/mol. The Kier molecular flexibility index (Phi) is 5.93. The van der Waals surface area contributed by atoms with Crippen LogP contribution in [-0.2, 0) is 4.79 Å². The molecule has 1 atom stereocenters. The molecule has 2 aromatic rings. The average Bonchev–Trinajstić information content (AvgIpc) is 2.49.